The van der Waals surface area contributed by atoms with Gasteiger partial charge in [0.05, 0.1) is 76.5 Å². The molecule has 120 heavy (non-hydrogen) atoms. The maximum Gasteiger partial charge on any atom is 2.00 e. The Labute approximate surface area is 732 Å². The fraction of sp³-hybridized carbons (Fsp3) is 0.602. The average molecular weight is 1770 g/mol. The number of aromatic hydroxyl groups is 3. The second-order valence-electron chi connectivity index (χ2n) is 38.7. The van der Waals surface area contributed by atoms with Crippen molar-refractivity contribution in [3.63, 3.8) is 0 Å². The van der Waals surface area contributed by atoms with E-state index < -0.39 is 36.3 Å². The predicted octanol–water partition coefficient (Wildman–Crippen LogP) is 15.7. The van der Waals surface area contributed by atoms with Gasteiger partial charge < -0.3 is 86.2 Å². The zero-order valence-electron chi connectivity index (χ0n) is 73.2. The third-order valence-corrected chi connectivity index (χ3v) is 28.4. The summed E-state index contributed by atoms with van der Waals surface area (Å²) in [7, 11) is 13.8. The molecule has 0 spiro atoms. The quantitative estimate of drug-likeness (QED) is 0.0119. The number of nitrogens with zero attached hydrogens (tertiary/aromatic N) is 4. The zero-order valence-corrected chi connectivity index (χ0v) is 75.7. The number of aldehydes is 1. The summed E-state index contributed by atoms with van der Waals surface area (Å²) in [6.45, 7) is 10.4. The number of ketones is 1. The number of Topliss-reactive ketones (excluding diaryl/α,β-unsaturated/α-hetero) is 1. The van der Waals surface area contributed by atoms with E-state index in [1.807, 2.05) is 32.4 Å². The summed E-state index contributed by atoms with van der Waals surface area (Å²) in [6.07, 6.45) is 36.6. The number of carbonyl (C=O) groups is 6. The Morgan fingerprint density at radius 3 is 0.808 bits per heavy atom. The van der Waals surface area contributed by atoms with Crippen LogP contribution in [0.3, 0.4) is 0 Å². The summed E-state index contributed by atoms with van der Waals surface area (Å²) in [5.41, 5.74) is 6.62. The van der Waals surface area contributed by atoms with Gasteiger partial charge in [-0.1, -0.05) is 30.3 Å². The van der Waals surface area contributed by atoms with Crippen LogP contribution in [0.5, 0.6) is 17.2 Å². The van der Waals surface area contributed by atoms with Gasteiger partial charge in [-0.2, -0.15) is 0 Å². The number of aliphatic hydroxyl groups is 1. The molecule has 16 saturated carbocycles. The Bertz CT molecular complexity index is 3690. The number of halogens is 3. The number of phenolic OH excluding ortho intramolecular Hbond substituents is 3. The first-order valence-electron chi connectivity index (χ1n) is 42.9. The summed E-state index contributed by atoms with van der Waals surface area (Å²) in [5.74, 6) is 8.57. The van der Waals surface area contributed by atoms with E-state index in [1.165, 1.54) is 225 Å². The van der Waals surface area contributed by atoms with Crippen molar-refractivity contribution in [2.24, 2.45) is 92.7 Å². The zero-order chi connectivity index (χ0) is 83.0. The molecule has 21 rings (SSSR count). The normalized spacial score (nSPS) is 28.7. The van der Waals surface area contributed by atoms with Crippen molar-refractivity contribution in [1.82, 2.24) is 19.6 Å². The van der Waals surface area contributed by atoms with E-state index in [4.69, 9.17) is 14.6 Å². The smallest absolute Gasteiger partial charge is 1.00 e. The van der Waals surface area contributed by atoms with E-state index in [-0.39, 0.29) is 97.9 Å². The number of benzene rings is 5. The molecule has 4 N–H and O–H groups in total. The van der Waals surface area contributed by atoms with Crippen LogP contribution in [-0.2, 0) is 64.6 Å². The topological polar surface area (TPSA) is 233 Å². The summed E-state index contributed by atoms with van der Waals surface area (Å²) < 4.78 is 47.2. The van der Waals surface area contributed by atoms with Gasteiger partial charge >= 0.3 is 43.4 Å². The first kappa shape index (κ1) is 98.6. The Morgan fingerprint density at radius 1 is 0.383 bits per heavy atom. The molecule has 0 aliphatic heterocycles. The van der Waals surface area contributed by atoms with Crippen molar-refractivity contribution in [1.29, 1.82) is 0 Å². The molecule has 0 unspecified atom stereocenters. The third kappa shape index (κ3) is 24.6. The van der Waals surface area contributed by atoms with Gasteiger partial charge in [-0.25, -0.2) is 28.0 Å². The van der Waals surface area contributed by atoms with Gasteiger partial charge in [0.1, 0.15) is 35.5 Å². The molecule has 0 atom stereocenters. The van der Waals surface area contributed by atoms with Crippen LogP contribution in [0, 0.1) is 126 Å². The van der Waals surface area contributed by atoms with Crippen LogP contribution in [0.1, 0.15) is 252 Å². The van der Waals surface area contributed by atoms with Crippen LogP contribution in [0.4, 0.5) is 8.78 Å². The molecule has 660 valence electrons. The van der Waals surface area contributed by atoms with Gasteiger partial charge in [0.2, 0.25) is 0 Å². The fourth-order valence-electron chi connectivity index (χ4n) is 26.2. The molecule has 22 heteroatoms. The minimum Gasteiger partial charge on any atom is -1.00 e. The number of hydrogen-bond donors (Lipinski definition) is 4. The molecule has 0 amide bonds. The third-order valence-electron chi connectivity index (χ3n) is 28.4. The van der Waals surface area contributed by atoms with E-state index in [0.717, 1.165) is 121 Å². The van der Waals surface area contributed by atoms with Crippen LogP contribution in [0.25, 0.3) is 0 Å². The van der Waals surface area contributed by atoms with Crippen LogP contribution in [0.15, 0.2) is 91.0 Å². The van der Waals surface area contributed by atoms with E-state index in [9.17, 15) is 52.9 Å². The molecule has 16 aliphatic carbocycles. The molecule has 5 aromatic rings. The average Bonchev–Trinajstić information content (AvgIpc) is 0.763. The second-order valence-corrected chi connectivity index (χ2v) is 38.7. The SMILES string of the molecule is CN(Cc1ccc(C(=O)CO)cc1[18F])CC12CC3CC(CC(C3)C1)C2.COC(=O)c1ccc(C=O)c(O)c1.COC(=O)c1ccc(CN(C)CC23CC4CC(CC(C4)C2)C3)c(O)c1.COC(=O)c1ccc(CN(C)CC23CC4CC(CC(C4)C2)C3)c(O)c1.COC(=O)c1ccc(CN(C)CC23CC4CC(CC(C4)C2)C3)c([18F])c1.C[CH+]C.[CH3-].[CH3-].[Cl-].[Ru+2]. The molecule has 0 saturated heterocycles. The van der Waals surface area contributed by atoms with Crippen molar-refractivity contribution in [2.45, 2.75) is 194 Å². The number of aliphatic hydroxyl groups excluding tert-OH is 1. The molecule has 0 heterocycles. The molecular weight excluding hydrogens is 1630 g/mol. The van der Waals surface area contributed by atoms with Crippen LogP contribution in [-0.4, -0.2) is 165 Å². The van der Waals surface area contributed by atoms with E-state index in [0.29, 0.717) is 63.3 Å². The summed E-state index contributed by atoms with van der Waals surface area (Å²) in [6, 6.07) is 23.4. The van der Waals surface area contributed by atoms with Crippen LogP contribution in [0.2, 0.25) is 0 Å². The minimum absolute atomic E-state index is 0. The van der Waals surface area contributed by atoms with Gasteiger partial charge in [-0.05, 0) is 336 Å². The Morgan fingerprint density at radius 2 is 0.592 bits per heavy atom. The Hall–Kier alpha value is -6.84. The number of phenols is 3. The van der Waals surface area contributed by atoms with E-state index in [1.54, 1.807) is 36.4 Å². The molecule has 0 radical (unpaired) electrons. The van der Waals surface area contributed by atoms with Crippen LogP contribution < -0.4 is 12.4 Å². The number of esters is 4. The van der Waals surface area contributed by atoms with Gasteiger partial charge in [-0.15, -0.1) is 0 Å². The number of methoxy groups -OCH3 is 4. The number of hydrogen-bond acceptors (Lipinski definition) is 18. The summed E-state index contributed by atoms with van der Waals surface area (Å²) >= 11 is 0. The molecule has 16 bridgehead atoms. The van der Waals surface area contributed by atoms with Crippen LogP contribution >= 0.6 is 0 Å². The maximum atomic E-state index is 14.4. The van der Waals surface area contributed by atoms with Crippen molar-refractivity contribution in [3.8, 4) is 17.2 Å². The van der Waals surface area contributed by atoms with Crippen molar-refractivity contribution in [3.05, 3.63) is 180 Å². The Kier molecular flexibility index (Phi) is 35.5. The predicted molar refractivity (Wildman–Crippen MR) is 456 cm³/mol. The molecule has 16 fully saturated rings. The van der Waals surface area contributed by atoms with Gasteiger partial charge in [0, 0.05) is 80.2 Å². The molecule has 5 aromatic carbocycles. The van der Waals surface area contributed by atoms with E-state index >= 15 is 0 Å². The summed E-state index contributed by atoms with van der Waals surface area (Å²) in [5, 5.41) is 38.7. The molecular formula is C98H135ClF2N4O14Ru. The molecule has 18 nitrogen and oxygen atoms in total. The Balaban J connectivity index is 0.000000186. The second kappa shape index (κ2) is 43.2. The first-order chi connectivity index (χ1) is 55.4. The van der Waals surface area contributed by atoms with Gasteiger partial charge in [0.15, 0.2) is 12.1 Å². The van der Waals surface area contributed by atoms with Crippen molar-refractivity contribution in [2.75, 3.05) is 89.4 Å². The van der Waals surface area contributed by atoms with Gasteiger partial charge in [0.25, 0.3) is 0 Å². The molecule has 0 aromatic heterocycles. The maximum absolute atomic E-state index is 14.4. The number of rotatable bonds is 23. The summed E-state index contributed by atoms with van der Waals surface area (Å²) in [4.78, 5) is 76.7. The monoisotopic (exact) mass is 1760 g/mol. The first-order valence-corrected chi connectivity index (χ1v) is 42.9. The largest absolute Gasteiger partial charge is 2.00 e. The van der Waals surface area contributed by atoms with Crippen molar-refractivity contribution >= 4 is 35.9 Å². The molecule has 16 aliphatic rings. The number of ether oxygens (including phenoxy) is 4. The van der Waals surface area contributed by atoms with Crippen molar-refractivity contribution < 1.29 is 109 Å². The fourth-order valence-corrected chi connectivity index (χ4v) is 26.2. The van der Waals surface area contributed by atoms with Gasteiger partial charge in [-0.3, -0.25) is 9.59 Å². The van der Waals surface area contributed by atoms with E-state index in [2.05, 4.69) is 57.3 Å². The number of carbonyl (C=O) groups excluding carboxylic acids is 6. The standard InChI is InChI=1S/2C21H28FNO2.2C21H29NO3.C9H8O4.C3H7.2CH3.ClH.Ru/c1-23(12-18-4-3-17(8-19(18)22)20(24)25-2)13-21-9-14-5-15(10-21)7-16(6-14)11-21;1-23(11-18-3-2-17(7-19(18)22)20(25)12-24)13-21-8-14-4-15(9-21)6-16(5-14)10-21;2*1-22(12-18-4-3-17(8-19(18)23)20(24)25-2)13-21-9-14-5-15(10-21)7-16(6-14)11-21;1-13-9(12)6-2-3-7(5-10)8(11)4-6;1-3-2;;;;/h3-4,8,14-16H,5-7,9-13H2,1-2H3;2-3,7,14-16,24H,4-6,8-13H2,1H3;2*3-4,8,14-16,23H,5-7,9-13H2,1-2H3;2-5,11H,1H3;3H,1-2H3;2*1H3;1H;/q;;;;;+1;2*-1;;+2/p-1/i2*22-1;;;;;;;;. The minimum atomic E-state index is -0.579.